The maximum atomic E-state index is 13.3. The van der Waals surface area contributed by atoms with Gasteiger partial charge in [-0.25, -0.2) is 9.18 Å². The van der Waals surface area contributed by atoms with Gasteiger partial charge in [-0.15, -0.1) is 5.10 Å². The van der Waals surface area contributed by atoms with Gasteiger partial charge in [0, 0.05) is 6.07 Å². The molecule has 0 unspecified atom stereocenters. The van der Waals surface area contributed by atoms with Gasteiger partial charge in [-0.2, -0.15) is 9.90 Å². The SMILES string of the molecule is CC(C)(C)[C@]1(CNC(=O)c2cnn(-c3cccc(F)c3)n2)NC(=O)NC1=O. The second kappa shape index (κ2) is 6.45. The minimum Gasteiger partial charge on any atom is -0.348 e. The number of nitrogens with one attached hydrogen (secondary N) is 3. The monoisotopic (exact) mass is 374 g/mol. The molecule has 0 radical (unpaired) electrons. The lowest BCUT2D eigenvalue weighted by molar-refractivity contribution is -0.127. The molecule has 9 nitrogen and oxygen atoms in total. The van der Waals surface area contributed by atoms with Crippen LogP contribution < -0.4 is 16.0 Å². The fraction of sp³-hybridized carbons (Fsp3) is 0.353. The summed E-state index contributed by atoms with van der Waals surface area (Å²) >= 11 is 0. The van der Waals surface area contributed by atoms with Crippen LogP contribution in [0.3, 0.4) is 0 Å². The zero-order valence-corrected chi connectivity index (χ0v) is 15.0. The molecule has 4 amide bonds. The van der Waals surface area contributed by atoms with Gasteiger partial charge in [-0.05, 0) is 17.5 Å². The van der Waals surface area contributed by atoms with Crippen LogP contribution >= 0.6 is 0 Å². The Morgan fingerprint density at radius 2 is 2.07 bits per heavy atom. The summed E-state index contributed by atoms with van der Waals surface area (Å²) in [6, 6.07) is 5.00. The second-order valence-electron chi connectivity index (χ2n) is 7.25. The zero-order chi connectivity index (χ0) is 19.8. The molecule has 1 aromatic carbocycles. The Morgan fingerprint density at radius 3 is 2.67 bits per heavy atom. The van der Waals surface area contributed by atoms with Gasteiger partial charge in [0.05, 0.1) is 18.4 Å². The molecule has 3 N–H and O–H groups in total. The van der Waals surface area contributed by atoms with E-state index in [4.69, 9.17) is 0 Å². The summed E-state index contributed by atoms with van der Waals surface area (Å²) in [7, 11) is 0. The van der Waals surface area contributed by atoms with Crippen LogP contribution in [0.5, 0.6) is 0 Å². The molecule has 1 aromatic heterocycles. The van der Waals surface area contributed by atoms with Crippen molar-refractivity contribution in [3.63, 3.8) is 0 Å². The number of imide groups is 1. The first-order valence-electron chi connectivity index (χ1n) is 8.22. The summed E-state index contributed by atoms with van der Waals surface area (Å²) in [5.74, 6) is -1.54. The predicted octanol–water partition coefficient (Wildman–Crippen LogP) is 0.760. The summed E-state index contributed by atoms with van der Waals surface area (Å²) in [6.07, 6.45) is 1.23. The molecule has 10 heteroatoms. The Kier molecular flexibility index (Phi) is 4.42. The molecular weight excluding hydrogens is 355 g/mol. The quantitative estimate of drug-likeness (QED) is 0.683. The minimum absolute atomic E-state index is 0.00643. The highest BCUT2D eigenvalue weighted by atomic mass is 19.1. The van der Waals surface area contributed by atoms with Crippen LogP contribution in [0.1, 0.15) is 31.3 Å². The molecule has 1 aliphatic rings. The van der Waals surface area contributed by atoms with Gasteiger partial charge in [0.2, 0.25) is 0 Å². The number of nitrogens with zero attached hydrogens (tertiary/aromatic N) is 3. The van der Waals surface area contributed by atoms with Crippen molar-refractivity contribution in [2.45, 2.75) is 26.3 Å². The van der Waals surface area contributed by atoms with E-state index >= 15 is 0 Å². The molecule has 0 aliphatic carbocycles. The van der Waals surface area contributed by atoms with E-state index in [9.17, 15) is 18.8 Å². The standard InChI is InChI=1S/C17H19FN6O3/c1-16(2,3)17(14(26)21-15(27)22-17)9-19-13(25)12-8-20-24(23-12)11-6-4-5-10(18)7-11/h4-8H,9H2,1-3H3,(H,19,25)(H2,21,22,26,27)/t17-/m1/s1. The van der Waals surface area contributed by atoms with Gasteiger partial charge in [-0.1, -0.05) is 26.8 Å². The van der Waals surface area contributed by atoms with Crippen LogP contribution in [0.15, 0.2) is 30.5 Å². The largest absolute Gasteiger partial charge is 0.348 e. The predicted molar refractivity (Wildman–Crippen MR) is 92.5 cm³/mol. The third-order valence-corrected chi connectivity index (χ3v) is 4.50. The molecule has 27 heavy (non-hydrogen) atoms. The first kappa shape index (κ1) is 18.5. The summed E-state index contributed by atoms with van der Waals surface area (Å²) in [4.78, 5) is 37.5. The number of carbonyl (C=O) groups excluding carboxylic acids is 3. The van der Waals surface area contributed by atoms with Crippen LogP contribution in [-0.4, -0.2) is 44.9 Å². The number of benzene rings is 1. The molecule has 2 aromatic rings. The van der Waals surface area contributed by atoms with Crippen LogP contribution in [0.25, 0.3) is 5.69 Å². The highest BCUT2D eigenvalue weighted by molar-refractivity contribution is 6.08. The Labute approximate surface area is 154 Å². The number of hydrogen-bond donors (Lipinski definition) is 3. The normalized spacial score (nSPS) is 19.6. The van der Waals surface area contributed by atoms with Crippen LogP contribution in [0.4, 0.5) is 9.18 Å². The fourth-order valence-electron chi connectivity index (χ4n) is 2.80. The Balaban J connectivity index is 1.76. The summed E-state index contributed by atoms with van der Waals surface area (Å²) < 4.78 is 13.3. The van der Waals surface area contributed by atoms with E-state index in [0.717, 1.165) is 4.80 Å². The van der Waals surface area contributed by atoms with E-state index < -0.39 is 34.6 Å². The van der Waals surface area contributed by atoms with E-state index in [1.54, 1.807) is 26.8 Å². The van der Waals surface area contributed by atoms with Crippen molar-refractivity contribution in [3.05, 3.63) is 42.0 Å². The number of carbonyl (C=O) groups is 3. The number of amides is 4. The van der Waals surface area contributed by atoms with Crippen molar-refractivity contribution in [1.29, 1.82) is 0 Å². The van der Waals surface area contributed by atoms with E-state index in [1.807, 2.05) is 0 Å². The lowest BCUT2D eigenvalue weighted by Gasteiger charge is -2.38. The van der Waals surface area contributed by atoms with Crippen LogP contribution in [0.2, 0.25) is 0 Å². The number of rotatable bonds is 4. The van der Waals surface area contributed by atoms with Crippen molar-refractivity contribution in [2.75, 3.05) is 6.54 Å². The molecule has 1 fully saturated rings. The molecule has 1 aliphatic heterocycles. The first-order valence-corrected chi connectivity index (χ1v) is 8.22. The maximum absolute atomic E-state index is 13.3. The molecule has 0 spiro atoms. The number of aromatic nitrogens is 3. The number of hydrogen-bond acceptors (Lipinski definition) is 5. The molecule has 2 heterocycles. The fourth-order valence-corrected chi connectivity index (χ4v) is 2.80. The average Bonchev–Trinajstić information content (AvgIpc) is 3.17. The van der Waals surface area contributed by atoms with Crippen LogP contribution in [0, 0.1) is 11.2 Å². The van der Waals surface area contributed by atoms with Gasteiger partial charge >= 0.3 is 6.03 Å². The molecule has 0 bridgehead atoms. The Bertz CT molecular complexity index is 919. The maximum Gasteiger partial charge on any atom is 0.322 e. The lowest BCUT2D eigenvalue weighted by Crippen LogP contribution is -2.63. The van der Waals surface area contributed by atoms with E-state index in [0.29, 0.717) is 5.69 Å². The molecule has 0 saturated carbocycles. The van der Waals surface area contributed by atoms with Crippen molar-refractivity contribution < 1.29 is 18.8 Å². The van der Waals surface area contributed by atoms with Crippen molar-refractivity contribution >= 4 is 17.8 Å². The second-order valence-corrected chi connectivity index (χ2v) is 7.25. The van der Waals surface area contributed by atoms with Gasteiger partial charge in [0.1, 0.15) is 11.4 Å². The summed E-state index contributed by atoms with van der Waals surface area (Å²) in [5.41, 5.74) is -1.59. The average molecular weight is 374 g/mol. The smallest absolute Gasteiger partial charge is 0.322 e. The highest BCUT2D eigenvalue weighted by Gasteiger charge is 2.54. The van der Waals surface area contributed by atoms with Gasteiger partial charge in [-0.3, -0.25) is 14.9 Å². The molecule has 1 saturated heterocycles. The first-order chi connectivity index (χ1) is 12.6. The molecule has 1 atom stereocenters. The van der Waals surface area contributed by atoms with Crippen molar-refractivity contribution in [3.8, 4) is 5.69 Å². The van der Waals surface area contributed by atoms with Gasteiger partial charge in [0.15, 0.2) is 5.69 Å². The Hall–Kier alpha value is -3.30. The summed E-state index contributed by atoms with van der Waals surface area (Å²) in [5, 5.41) is 15.4. The van der Waals surface area contributed by atoms with E-state index in [-0.39, 0.29) is 12.2 Å². The minimum atomic E-state index is -1.29. The third-order valence-electron chi connectivity index (χ3n) is 4.50. The molecular formula is C17H19FN6O3. The van der Waals surface area contributed by atoms with Crippen molar-refractivity contribution in [2.24, 2.45) is 5.41 Å². The number of halogens is 1. The lowest BCUT2D eigenvalue weighted by atomic mass is 9.73. The summed E-state index contributed by atoms with van der Waals surface area (Å²) in [6.45, 7) is 5.22. The molecule has 3 rings (SSSR count). The highest BCUT2D eigenvalue weighted by Crippen LogP contribution is 2.32. The molecule has 142 valence electrons. The van der Waals surface area contributed by atoms with Crippen LogP contribution in [-0.2, 0) is 4.79 Å². The Morgan fingerprint density at radius 1 is 1.33 bits per heavy atom. The van der Waals surface area contributed by atoms with Gasteiger partial charge in [0.25, 0.3) is 11.8 Å². The third kappa shape index (κ3) is 3.37. The van der Waals surface area contributed by atoms with Gasteiger partial charge < -0.3 is 10.6 Å². The number of urea groups is 1. The van der Waals surface area contributed by atoms with Crippen molar-refractivity contribution in [1.82, 2.24) is 30.9 Å². The topological polar surface area (TPSA) is 118 Å². The van der Waals surface area contributed by atoms with E-state index in [2.05, 4.69) is 26.1 Å². The van der Waals surface area contributed by atoms with E-state index in [1.165, 1.54) is 24.4 Å². The zero-order valence-electron chi connectivity index (χ0n) is 15.0.